The number of aromatic nitrogens is 4. The summed E-state index contributed by atoms with van der Waals surface area (Å²) in [5.41, 5.74) is 3.63. The number of halogens is 1. The summed E-state index contributed by atoms with van der Waals surface area (Å²) in [5, 5.41) is 9.91. The molecule has 0 spiro atoms. The van der Waals surface area contributed by atoms with Crippen LogP contribution >= 0.6 is 11.8 Å². The maximum Gasteiger partial charge on any atom is 0.211 e. The van der Waals surface area contributed by atoms with E-state index in [0.717, 1.165) is 35.1 Å². The molecule has 0 unspecified atom stereocenters. The third-order valence-electron chi connectivity index (χ3n) is 4.23. The number of hydrogen-bond donors (Lipinski definition) is 0. The Morgan fingerprint density at radius 3 is 2.76 bits per heavy atom. The van der Waals surface area contributed by atoms with Crippen LogP contribution in [-0.2, 0) is 13.5 Å². The van der Waals surface area contributed by atoms with Gasteiger partial charge in [0.1, 0.15) is 11.3 Å². The molecule has 0 aliphatic carbocycles. The Labute approximate surface area is 149 Å². The zero-order valence-corrected chi connectivity index (χ0v) is 14.6. The van der Waals surface area contributed by atoms with Crippen molar-refractivity contribution in [1.82, 2.24) is 19.7 Å². The van der Waals surface area contributed by atoms with Crippen LogP contribution in [0, 0.1) is 5.82 Å². The van der Waals surface area contributed by atoms with Crippen LogP contribution in [0.5, 0.6) is 0 Å². The molecule has 0 radical (unpaired) electrons. The average molecular weight is 352 g/mol. The van der Waals surface area contributed by atoms with Crippen molar-refractivity contribution in [2.45, 2.75) is 18.0 Å². The molecule has 2 aromatic heterocycles. The lowest BCUT2D eigenvalue weighted by Crippen LogP contribution is -1.96. The maximum atomic E-state index is 13.5. The second kappa shape index (κ2) is 6.80. The zero-order valence-electron chi connectivity index (χ0n) is 13.8. The van der Waals surface area contributed by atoms with Gasteiger partial charge in [-0.05, 0) is 36.6 Å². The molecule has 0 N–H and O–H groups in total. The zero-order chi connectivity index (χ0) is 17.2. The van der Waals surface area contributed by atoms with E-state index in [-0.39, 0.29) is 5.82 Å². The molecule has 0 fully saturated rings. The SMILES string of the molecule is Cn1c2ccc(F)cc2c2nnc(SCCCc3ccccc3)nc21. The smallest absolute Gasteiger partial charge is 0.211 e. The maximum absolute atomic E-state index is 13.5. The van der Waals surface area contributed by atoms with Crippen LogP contribution in [0.3, 0.4) is 0 Å². The van der Waals surface area contributed by atoms with Gasteiger partial charge in [-0.25, -0.2) is 9.37 Å². The van der Waals surface area contributed by atoms with Gasteiger partial charge in [-0.2, -0.15) is 0 Å². The summed E-state index contributed by atoms with van der Waals surface area (Å²) in [6.45, 7) is 0. The summed E-state index contributed by atoms with van der Waals surface area (Å²) in [4.78, 5) is 4.62. The minimum atomic E-state index is -0.277. The van der Waals surface area contributed by atoms with E-state index in [2.05, 4.69) is 39.4 Å². The first-order chi connectivity index (χ1) is 12.2. The standard InChI is InChI=1S/C19H17FN4S/c1-24-16-10-9-14(20)12-15(16)17-18(24)21-19(23-22-17)25-11-5-8-13-6-3-2-4-7-13/h2-4,6-7,9-10,12H,5,8,11H2,1H3. The summed E-state index contributed by atoms with van der Waals surface area (Å²) >= 11 is 1.60. The van der Waals surface area contributed by atoms with Crippen molar-refractivity contribution in [3.63, 3.8) is 0 Å². The molecule has 0 saturated carbocycles. The van der Waals surface area contributed by atoms with Crippen LogP contribution in [-0.4, -0.2) is 25.5 Å². The number of fused-ring (bicyclic) bond motifs is 3. The van der Waals surface area contributed by atoms with E-state index < -0.39 is 0 Å². The molecule has 0 aliphatic heterocycles. The molecule has 0 atom stereocenters. The molecule has 0 bridgehead atoms. The average Bonchev–Trinajstić information content (AvgIpc) is 2.91. The van der Waals surface area contributed by atoms with Gasteiger partial charge >= 0.3 is 0 Å². The molecule has 0 aliphatic rings. The van der Waals surface area contributed by atoms with Crippen molar-refractivity contribution in [1.29, 1.82) is 0 Å². The van der Waals surface area contributed by atoms with E-state index >= 15 is 0 Å². The molecule has 4 rings (SSSR count). The largest absolute Gasteiger partial charge is 0.327 e. The van der Waals surface area contributed by atoms with E-state index in [1.165, 1.54) is 17.7 Å². The van der Waals surface area contributed by atoms with Crippen molar-refractivity contribution >= 4 is 33.8 Å². The minimum Gasteiger partial charge on any atom is -0.327 e. The van der Waals surface area contributed by atoms with Gasteiger partial charge in [0, 0.05) is 18.2 Å². The Balaban J connectivity index is 1.51. The van der Waals surface area contributed by atoms with E-state index in [0.29, 0.717) is 10.7 Å². The quantitative estimate of drug-likeness (QED) is 0.395. The van der Waals surface area contributed by atoms with Gasteiger partial charge in [0.25, 0.3) is 0 Å². The number of hydrogen-bond acceptors (Lipinski definition) is 4. The summed E-state index contributed by atoms with van der Waals surface area (Å²) in [6, 6.07) is 15.1. The lowest BCUT2D eigenvalue weighted by molar-refractivity contribution is 0.629. The number of nitrogens with zero attached hydrogens (tertiary/aromatic N) is 4. The fourth-order valence-corrected chi connectivity index (χ4v) is 3.68. The van der Waals surface area contributed by atoms with Crippen molar-refractivity contribution in [3.05, 3.63) is 59.9 Å². The highest BCUT2D eigenvalue weighted by Crippen LogP contribution is 2.27. The van der Waals surface area contributed by atoms with E-state index in [1.807, 2.05) is 17.7 Å². The number of thioether (sulfide) groups is 1. The Hall–Kier alpha value is -2.47. The highest BCUT2D eigenvalue weighted by Gasteiger charge is 2.13. The first-order valence-corrected chi connectivity index (χ1v) is 9.16. The second-order valence-electron chi connectivity index (χ2n) is 5.92. The van der Waals surface area contributed by atoms with E-state index in [4.69, 9.17) is 0 Å². The normalized spacial score (nSPS) is 11.4. The number of aryl methyl sites for hydroxylation is 2. The first kappa shape index (κ1) is 16.0. The number of rotatable bonds is 5. The fraction of sp³-hybridized carbons (Fsp3) is 0.211. The van der Waals surface area contributed by atoms with E-state index in [9.17, 15) is 4.39 Å². The predicted octanol–water partition coefficient (Wildman–Crippen LogP) is 4.38. The molecule has 2 aromatic carbocycles. The lowest BCUT2D eigenvalue weighted by Gasteiger charge is -2.02. The second-order valence-corrected chi connectivity index (χ2v) is 6.99. The van der Waals surface area contributed by atoms with Crippen LogP contribution in [0.1, 0.15) is 12.0 Å². The molecule has 126 valence electrons. The van der Waals surface area contributed by atoms with E-state index in [1.54, 1.807) is 17.8 Å². The molecule has 0 saturated heterocycles. The van der Waals surface area contributed by atoms with Crippen LogP contribution in [0.15, 0.2) is 53.7 Å². The predicted molar refractivity (Wildman–Crippen MR) is 99.3 cm³/mol. The Morgan fingerprint density at radius 1 is 1.08 bits per heavy atom. The highest BCUT2D eigenvalue weighted by atomic mass is 32.2. The van der Waals surface area contributed by atoms with Gasteiger partial charge in [-0.15, -0.1) is 10.2 Å². The van der Waals surface area contributed by atoms with Crippen LogP contribution in [0.4, 0.5) is 4.39 Å². The summed E-state index contributed by atoms with van der Waals surface area (Å²) in [7, 11) is 1.92. The van der Waals surface area contributed by atoms with Gasteiger partial charge in [-0.3, -0.25) is 0 Å². The molecule has 6 heteroatoms. The Morgan fingerprint density at radius 2 is 1.92 bits per heavy atom. The summed E-state index contributed by atoms with van der Waals surface area (Å²) in [5.74, 6) is 0.655. The molecule has 4 nitrogen and oxygen atoms in total. The third kappa shape index (κ3) is 3.22. The Kier molecular flexibility index (Phi) is 4.36. The van der Waals surface area contributed by atoms with Gasteiger partial charge in [-0.1, -0.05) is 42.1 Å². The number of benzene rings is 2. The molecule has 2 heterocycles. The summed E-state index contributed by atoms with van der Waals surface area (Å²) in [6.07, 6.45) is 2.09. The van der Waals surface area contributed by atoms with Crippen LogP contribution < -0.4 is 0 Å². The summed E-state index contributed by atoms with van der Waals surface area (Å²) < 4.78 is 15.5. The van der Waals surface area contributed by atoms with Crippen LogP contribution in [0.25, 0.3) is 22.1 Å². The topological polar surface area (TPSA) is 43.6 Å². The first-order valence-electron chi connectivity index (χ1n) is 8.17. The highest BCUT2D eigenvalue weighted by molar-refractivity contribution is 7.99. The van der Waals surface area contributed by atoms with Gasteiger partial charge < -0.3 is 4.57 Å². The molecular formula is C19H17FN4S. The van der Waals surface area contributed by atoms with Crippen molar-refractivity contribution in [2.75, 3.05) is 5.75 Å². The van der Waals surface area contributed by atoms with Crippen molar-refractivity contribution < 1.29 is 4.39 Å². The van der Waals surface area contributed by atoms with Crippen molar-refractivity contribution in [2.24, 2.45) is 7.05 Å². The molecule has 0 amide bonds. The lowest BCUT2D eigenvalue weighted by atomic mass is 10.1. The van der Waals surface area contributed by atoms with Crippen LogP contribution in [0.2, 0.25) is 0 Å². The third-order valence-corrected chi connectivity index (χ3v) is 5.15. The Bertz CT molecular complexity index is 1030. The molecule has 4 aromatic rings. The van der Waals surface area contributed by atoms with Gasteiger partial charge in [0.2, 0.25) is 5.16 Å². The monoisotopic (exact) mass is 352 g/mol. The van der Waals surface area contributed by atoms with Gasteiger partial charge in [0.05, 0.1) is 5.52 Å². The minimum absolute atomic E-state index is 0.277. The fourth-order valence-electron chi connectivity index (χ4n) is 2.96. The van der Waals surface area contributed by atoms with Gasteiger partial charge in [0.15, 0.2) is 5.65 Å². The molecular weight excluding hydrogens is 335 g/mol. The van der Waals surface area contributed by atoms with Crippen molar-refractivity contribution in [3.8, 4) is 0 Å². The molecule has 25 heavy (non-hydrogen) atoms.